The molecule has 0 aromatic heterocycles. The number of benzene rings is 1. The largest absolute Gasteiger partial charge is 0.368 e. The van der Waals surface area contributed by atoms with Crippen LogP contribution < -0.4 is 11.1 Å². The zero-order chi connectivity index (χ0) is 14.6. The van der Waals surface area contributed by atoms with Crippen molar-refractivity contribution < 1.29 is 14.5 Å². The summed E-state index contributed by atoms with van der Waals surface area (Å²) in [5.74, 6) is -1.38. The minimum Gasteiger partial charge on any atom is -0.368 e. The van der Waals surface area contributed by atoms with Gasteiger partial charge in [-0.2, -0.15) is 0 Å². The van der Waals surface area contributed by atoms with Crippen LogP contribution in [0, 0.1) is 16.0 Å². The van der Waals surface area contributed by atoms with E-state index >= 15 is 0 Å². The van der Waals surface area contributed by atoms with Gasteiger partial charge in [0, 0.05) is 17.7 Å². The number of carbonyl (C=O) groups excluding carboxylic acids is 2. The van der Waals surface area contributed by atoms with E-state index in [-0.39, 0.29) is 17.2 Å². The fraction of sp³-hybridized carbons (Fsp3) is 0.333. The van der Waals surface area contributed by atoms with Crippen molar-refractivity contribution in [2.75, 3.05) is 0 Å². The standard InChI is InChI=1S/C12H15N3O4/c1-7(2)10(11(13)16)14-12(17)8-4-3-5-9(6-8)15(18)19/h3-7,10H,1-2H3,(H2,13,16)(H,14,17)/t10-/m0/s1. The molecule has 102 valence electrons. The number of rotatable bonds is 5. The van der Waals surface area contributed by atoms with Crippen molar-refractivity contribution in [1.29, 1.82) is 0 Å². The average Bonchev–Trinajstić information content (AvgIpc) is 2.34. The van der Waals surface area contributed by atoms with Crippen molar-refractivity contribution in [2.24, 2.45) is 11.7 Å². The van der Waals surface area contributed by atoms with E-state index in [1.807, 2.05) is 0 Å². The molecule has 3 N–H and O–H groups in total. The Labute approximate surface area is 109 Å². The molecule has 0 unspecified atom stereocenters. The quantitative estimate of drug-likeness (QED) is 0.606. The molecule has 7 heteroatoms. The minimum atomic E-state index is -0.813. The molecule has 0 fully saturated rings. The summed E-state index contributed by atoms with van der Waals surface area (Å²) in [7, 11) is 0. The fourth-order valence-electron chi connectivity index (χ4n) is 1.55. The van der Waals surface area contributed by atoms with Crippen LogP contribution in [-0.2, 0) is 4.79 Å². The van der Waals surface area contributed by atoms with Crippen molar-refractivity contribution in [1.82, 2.24) is 5.32 Å². The van der Waals surface area contributed by atoms with Gasteiger partial charge in [0.1, 0.15) is 6.04 Å². The number of nitrogens with one attached hydrogen (secondary N) is 1. The van der Waals surface area contributed by atoms with Gasteiger partial charge >= 0.3 is 0 Å². The van der Waals surface area contributed by atoms with E-state index < -0.39 is 22.8 Å². The summed E-state index contributed by atoms with van der Waals surface area (Å²) in [4.78, 5) is 33.1. The Bertz CT molecular complexity index is 513. The summed E-state index contributed by atoms with van der Waals surface area (Å²) in [6.45, 7) is 3.48. The first-order valence-electron chi connectivity index (χ1n) is 5.67. The van der Waals surface area contributed by atoms with Crippen molar-refractivity contribution in [3.05, 3.63) is 39.9 Å². The number of nitro benzene ring substituents is 1. The van der Waals surface area contributed by atoms with E-state index in [0.717, 1.165) is 6.07 Å². The number of amides is 2. The molecule has 0 radical (unpaired) electrons. The third-order valence-electron chi connectivity index (χ3n) is 2.58. The first-order valence-corrected chi connectivity index (χ1v) is 5.67. The van der Waals surface area contributed by atoms with Gasteiger partial charge in [-0.15, -0.1) is 0 Å². The van der Waals surface area contributed by atoms with E-state index in [9.17, 15) is 19.7 Å². The molecule has 2 amide bonds. The third-order valence-corrected chi connectivity index (χ3v) is 2.58. The fourth-order valence-corrected chi connectivity index (χ4v) is 1.55. The number of nitrogens with zero attached hydrogens (tertiary/aromatic N) is 1. The molecule has 0 heterocycles. The highest BCUT2D eigenvalue weighted by Gasteiger charge is 2.22. The van der Waals surface area contributed by atoms with Crippen LogP contribution in [0.15, 0.2) is 24.3 Å². The molecule has 0 saturated heterocycles. The second-order valence-corrected chi connectivity index (χ2v) is 4.40. The summed E-state index contributed by atoms with van der Waals surface area (Å²) < 4.78 is 0. The molecular weight excluding hydrogens is 250 g/mol. The first kappa shape index (κ1) is 14.6. The molecule has 0 aliphatic heterocycles. The minimum absolute atomic E-state index is 0.112. The number of primary amides is 1. The molecule has 0 spiro atoms. The maximum Gasteiger partial charge on any atom is 0.270 e. The van der Waals surface area contributed by atoms with Gasteiger partial charge < -0.3 is 11.1 Å². The zero-order valence-corrected chi connectivity index (χ0v) is 10.6. The van der Waals surface area contributed by atoms with Gasteiger partial charge in [0.15, 0.2) is 0 Å². The predicted molar refractivity (Wildman–Crippen MR) is 68.4 cm³/mol. The van der Waals surface area contributed by atoms with Crippen molar-refractivity contribution in [3.8, 4) is 0 Å². The molecule has 19 heavy (non-hydrogen) atoms. The molecule has 0 bridgehead atoms. The summed E-state index contributed by atoms with van der Waals surface area (Å²) in [5, 5.41) is 13.1. The maximum absolute atomic E-state index is 11.9. The summed E-state index contributed by atoms with van der Waals surface area (Å²) in [5.41, 5.74) is 5.11. The monoisotopic (exact) mass is 265 g/mol. The van der Waals surface area contributed by atoms with Crippen LogP contribution in [0.4, 0.5) is 5.69 Å². The van der Waals surface area contributed by atoms with E-state index in [4.69, 9.17) is 5.73 Å². The van der Waals surface area contributed by atoms with Crippen LogP contribution in [0.5, 0.6) is 0 Å². The molecule has 1 aromatic carbocycles. The van der Waals surface area contributed by atoms with Gasteiger partial charge in [-0.1, -0.05) is 19.9 Å². The van der Waals surface area contributed by atoms with Gasteiger partial charge in [-0.05, 0) is 12.0 Å². The molecule has 1 atom stereocenters. The van der Waals surface area contributed by atoms with Crippen molar-refractivity contribution in [3.63, 3.8) is 0 Å². The normalized spacial score (nSPS) is 11.9. The zero-order valence-electron chi connectivity index (χ0n) is 10.6. The van der Waals surface area contributed by atoms with Crippen LogP contribution in [0.3, 0.4) is 0 Å². The van der Waals surface area contributed by atoms with Gasteiger partial charge in [0.2, 0.25) is 5.91 Å². The Morgan fingerprint density at radius 3 is 2.47 bits per heavy atom. The van der Waals surface area contributed by atoms with Crippen LogP contribution in [0.2, 0.25) is 0 Å². The Morgan fingerprint density at radius 2 is 2.00 bits per heavy atom. The number of carbonyl (C=O) groups is 2. The second-order valence-electron chi connectivity index (χ2n) is 4.40. The van der Waals surface area contributed by atoms with Crippen molar-refractivity contribution >= 4 is 17.5 Å². The molecule has 0 aliphatic rings. The third kappa shape index (κ3) is 3.77. The average molecular weight is 265 g/mol. The van der Waals surface area contributed by atoms with E-state index in [1.165, 1.54) is 18.2 Å². The Balaban J connectivity index is 2.91. The van der Waals surface area contributed by atoms with Gasteiger partial charge in [-0.3, -0.25) is 19.7 Å². The lowest BCUT2D eigenvalue weighted by molar-refractivity contribution is -0.384. The SMILES string of the molecule is CC(C)[C@H](NC(=O)c1cccc([N+](=O)[O-])c1)C(N)=O. The lowest BCUT2D eigenvalue weighted by Crippen LogP contribution is -2.47. The lowest BCUT2D eigenvalue weighted by Gasteiger charge is -2.18. The molecular formula is C12H15N3O4. The summed E-state index contributed by atoms with van der Waals surface area (Å²) in [6.07, 6.45) is 0. The Hall–Kier alpha value is -2.44. The van der Waals surface area contributed by atoms with E-state index in [0.29, 0.717) is 0 Å². The van der Waals surface area contributed by atoms with Gasteiger partial charge in [0.25, 0.3) is 11.6 Å². The highest BCUT2D eigenvalue weighted by Crippen LogP contribution is 2.13. The highest BCUT2D eigenvalue weighted by atomic mass is 16.6. The highest BCUT2D eigenvalue weighted by molar-refractivity contribution is 5.97. The first-order chi connectivity index (χ1) is 8.82. The maximum atomic E-state index is 11.9. The smallest absolute Gasteiger partial charge is 0.270 e. The number of hydrogen-bond acceptors (Lipinski definition) is 4. The molecule has 1 aromatic rings. The van der Waals surface area contributed by atoms with E-state index in [2.05, 4.69) is 5.32 Å². The van der Waals surface area contributed by atoms with E-state index in [1.54, 1.807) is 13.8 Å². The summed E-state index contributed by atoms with van der Waals surface area (Å²) >= 11 is 0. The Kier molecular flexibility index (Phi) is 4.57. The van der Waals surface area contributed by atoms with Crippen LogP contribution in [0.1, 0.15) is 24.2 Å². The number of nitrogens with two attached hydrogens (primary N) is 1. The van der Waals surface area contributed by atoms with Crippen LogP contribution >= 0.6 is 0 Å². The molecule has 0 saturated carbocycles. The second kappa shape index (κ2) is 5.94. The summed E-state index contributed by atoms with van der Waals surface area (Å²) in [6, 6.07) is 4.45. The van der Waals surface area contributed by atoms with Crippen molar-refractivity contribution in [2.45, 2.75) is 19.9 Å². The van der Waals surface area contributed by atoms with Gasteiger partial charge in [0.05, 0.1) is 4.92 Å². The molecule has 1 rings (SSSR count). The predicted octanol–water partition coefficient (Wildman–Crippen LogP) is 0.835. The number of non-ortho nitro benzene ring substituents is 1. The molecule has 0 aliphatic carbocycles. The number of hydrogen-bond donors (Lipinski definition) is 2. The molecule has 7 nitrogen and oxygen atoms in total. The van der Waals surface area contributed by atoms with Crippen LogP contribution in [0.25, 0.3) is 0 Å². The Morgan fingerprint density at radius 1 is 1.37 bits per heavy atom. The van der Waals surface area contributed by atoms with Crippen LogP contribution in [-0.4, -0.2) is 22.8 Å². The topological polar surface area (TPSA) is 115 Å². The van der Waals surface area contributed by atoms with Gasteiger partial charge in [-0.25, -0.2) is 0 Å². The lowest BCUT2D eigenvalue weighted by atomic mass is 10.0. The number of nitro groups is 1.